The SMILES string of the molecule is NCC1(c2ccccc2OC2CCC2)CCCC1. The third-order valence-corrected chi connectivity index (χ3v) is 4.76. The first-order chi connectivity index (χ1) is 8.84. The Morgan fingerprint density at radius 3 is 2.44 bits per heavy atom. The molecule has 0 bridgehead atoms. The van der Waals surface area contributed by atoms with E-state index in [4.69, 9.17) is 10.5 Å². The quantitative estimate of drug-likeness (QED) is 0.882. The van der Waals surface area contributed by atoms with E-state index in [0.29, 0.717) is 6.10 Å². The lowest BCUT2D eigenvalue weighted by molar-refractivity contribution is 0.117. The fourth-order valence-electron chi connectivity index (χ4n) is 3.31. The maximum atomic E-state index is 6.17. The van der Waals surface area contributed by atoms with E-state index in [2.05, 4.69) is 24.3 Å². The van der Waals surface area contributed by atoms with Crippen LogP contribution in [0.15, 0.2) is 24.3 Å². The van der Waals surface area contributed by atoms with E-state index >= 15 is 0 Å². The first-order valence-electron chi connectivity index (χ1n) is 7.30. The monoisotopic (exact) mass is 245 g/mol. The lowest BCUT2D eigenvalue weighted by Gasteiger charge is -2.33. The maximum absolute atomic E-state index is 6.17. The minimum atomic E-state index is 0.181. The fourth-order valence-corrected chi connectivity index (χ4v) is 3.31. The number of nitrogens with two attached hydrogens (primary N) is 1. The van der Waals surface area contributed by atoms with Crippen molar-refractivity contribution in [1.29, 1.82) is 0 Å². The zero-order valence-corrected chi connectivity index (χ0v) is 11.0. The minimum Gasteiger partial charge on any atom is -0.490 e. The van der Waals surface area contributed by atoms with Crippen LogP contribution in [-0.2, 0) is 5.41 Å². The van der Waals surface area contributed by atoms with Crippen molar-refractivity contribution in [3.63, 3.8) is 0 Å². The van der Waals surface area contributed by atoms with Gasteiger partial charge in [0.05, 0.1) is 6.10 Å². The molecule has 0 amide bonds. The number of rotatable bonds is 4. The Balaban J connectivity index is 1.89. The molecule has 2 aliphatic carbocycles. The van der Waals surface area contributed by atoms with E-state index in [1.165, 1.54) is 50.5 Å². The van der Waals surface area contributed by atoms with E-state index in [-0.39, 0.29) is 5.41 Å². The van der Waals surface area contributed by atoms with Crippen molar-refractivity contribution >= 4 is 0 Å². The molecule has 98 valence electrons. The molecule has 1 aromatic rings. The van der Waals surface area contributed by atoms with Gasteiger partial charge in [-0.15, -0.1) is 0 Å². The molecule has 2 N–H and O–H groups in total. The Hall–Kier alpha value is -1.02. The first-order valence-corrected chi connectivity index (χ1v) is 7.30. The molecule has 0 spiro atoms. The molecular formula is C16H23NO. The molecular weight excluding hydrogens is 222 g/mol. The van der Waals surface area contributed by atoms with Crippen LogP contribution in [0.2, 0.25) is 0 Å². The van der Waals surface area contributed by atoms with Crippen LogP contribution in [0.5, 0.6) is 5.75 Å². The summed E-state index contributed by atoms with van der Waals surface area (Å²) >= 11 is 0. The lowest BCUT2D eigenvalue weighted by atomic mass is 9.78. The van der Waals surface area contributed by atoms with Crippen LogP contribution in [-0.4, -0.2) is 12.6 Å². The highest BCUT2D eigenvalue weighted by Crippen LogP contribution is 2.44. The van der Waals surface area contributed by atoms with Crippen molar-refractivity contribution in [2.45, 2.75) is 56.5 Å². The van der Waals surface area contributed by atoms with Crippen LogP contribution < -0.4 is 10.5 Å². The van der Waals surface area contributed by atoms with Gasteiger partial charge in [-0.25, -0.2) is 0 Å². The summed E-state index contributed by atoms with van der Waals surface area (Å²) in [4.78, 5) is 0. The van der Waals surface area contributed by atoms with E-state index < -0.39 is 0 Å². The Bertz CT molecular complexity index is 405. The zero-order chi connectivity index (χ0) is 12.4. The van der Waals surface area contributed by atoms with Gasteiger partial charge in [0, 0.05) is 17.5 Å². The predicted octanol–water partition coefficient (Wildman–Crippen LogP) is 3.39. The highest BCUT2D eigenvalue weighted by atomic mass is 16.5. The number of para-hydroxylation sites is 1. The number of hydrogen-bond donors (Lipinski definition) is 1. The van der Waals surface area contributed by atoms with Crippen LogP contribution in [0, 0.1) is 0 Å². The Morgan fingerprint density at radius 1 is 1.11 bits per heavy atom. The summed E-state index contributed by atoms with van der Waals surface area (Å²) in [7, 11) is 0. The van der Waals surface area contributed by atoms with Crippen LogP contribution in [0.1, 0.15) is 50.5 Å². The van der Waals surface area contributed by atoms with Crippen molar-refractivity contribution in [1.82, 2.24) is 0 Å². The van der Waals surface area contributed by atoms with E-state index in [9.17, 15) is 0 Å². The van der Waals surface area contributed by atoms with Crippen LogP contribution >= 0.6 is 0 Å². The van der Waals surface area contributed by atoms with E-state index in [0.717, 1.165) is 12.3 Å². The summed E-state index contributed by atoms with van der Waals surface area (Å²) in [5.41, 5.74) is 7.63. The van der Waals surface area contributed by atoms with Crippen molar-refractivity contribution < 1.29 is 4.74 Å². The molecule has 3 rings (SSSR count). The van der Waals surface area contributed by atoms with Crippen molar-refractivity contribution in [3.8, 4) is 5.75 Å². The largest absolute Gasteiger partial charge is 0.490 e. The van der Waals surface area contributed by atoms with Gasteiger partial charge in [-0.05, 0) is 38.2 Å². The standard InChI is InChI=1S/C16H23NO/c17-12-16(10-3-4-11-16)14-8-1-2-9-15(14)18-13-6-5-7-13/h1-2,8-9,13H,3-7,10-12,17H2. The van der Waals surface area contributed by atoms with Gasteiger partial charge < -0.3 is 10.5 Å². The molecule has 0 aromatic heterocycles. The van der Waals surface area contributed by atoms with Gasteiger partial charge in [-0.3, -0.25) is 0 Å². The molecule has 0 heterocycles. The summed E-state index contributed by atoms with van der Waals surface area (Å²) in [6.45, 7) is 0.748. The number of ether oxygens (including phenoxy) is 1. The van der Waals surface area contributed by atoms with Crippen molar-refractivity contribution in [2.24, 2.45) is 5.73 Å². The zero-order valence-electron chi connectivity index (χ0n) is 11.0. The van der Waals surface area contributed by atoms with Gasteiger partial charge in [0.15, 0.2) is 0 Å². The van der Waals surface area contributed by atoms with Crippen LogP contribution in [0.25, 0.3) is 0 Å². The average Bonchev–Trinajstić information content (AvgIpc) is 2.84. The second kappa shape index (κ2) is 4.93. The molecule has 1 aromatic carbocycles. The molecule has 0 unspecified atom stereocenters. The molecule has 0 saturated heterocycles. The van der Waals surface area contributed by atoms with Gasteiger partial charge in [-0.2, -0.15) is 0 Å². The highest BCUT2D eigenvalue weighted by molar-refractivity contribution is 5.41. The maximum Gasteiger partial charge on any atom is 0.123 e. The number of hydrogen-bond acceptors (Lipinski definition) is 2. The molecule has 2 heteroatoms. The Labute approximate surface area is 110 Å². The van der Waals surface area contributed by atoms with E-state index in [1.54, 1.807) is 0 Å². The average molecular weight is 245 g/mol. The van der Waals surface area contributed by atoms with Gasteiger partial charge >= 0.3 is 0 Å². The first kappa shape index (κ1) is 12.0. The topological polar surface area (TPSA) is 35.2 Å². The Kier molecular flexibility index (Phi) is 3.29. The molecule has 2 aliphatic rings. The molecule has 2 fully saturated rings. The minimum absolute atomic E-state index is 0.181. The molecule has 2 saturated carbocycles. The summed E-state index contributed by atoms with van der Waals surface area (Å²) in [6, 6.07) is 8.56. The van der Waals surface area contributed by atoms with Crippen LogP contribution in [0.3, 0.4) is 0 Å². The second-order valence-electron chi connectivity index (χ2n) is 5.86. The number of benzene rings is 1. The summed E-state index contributed by atoms with van der Waals surface area (Å²) in [5, 5.41) is 0. The molecule has 0 radical (unpaired) electrons. The third kappa shape index (κ3) is 2.03. The summed E-state index contributed by atoms with van der Waals surface area (Å²) in [5.74, 6) is 1.09. The van der Waals surface area contributed by atoms with Gasteiger partial charge in [0.2, 0.25) is 0 Å². The summed E-state index contributed by atoms with van der Waals surface area (Å²) < 4.78 is 6.17. The summed E-state index contributed by atoms with van der Waals surface area (Å²) in [6.07, 6.45) is 9.22. The van der Waals surface area contributed by atoms with E-state index in [1.807, 2.05) is 0 Å². The van der Waals surface area contributed by atoms with Gasteiger partial charge in [0.1, 0.15) is 5.75 Å². The normalized spacial score (nSPS) is 22.7. The fraction of sp³-hybridized carbons (Fsp3) is 0.625. The highest BCUT2D eigenvalue weighted by Gasteiger charge is 2.37. The predicted molar refractivity (Wildman–Crippen MR) is 73.9 cm³/mol. The third-order valence-electron chi connectivity index (χ3n) is 4.76. The van der Waals surface area contributed by atoms with Gasteiger partial charge in [-0.1, -0.05) is 31.0 Å². The van der Waals surface area contributed by atoms with Crippen LogP contribution in [0.4, 0.5) is 0 Å². The molecule has 2 nitrogen and oxygen atoms in total. The molecule has 0 aliphatic heterocycles. The van der Waals surface area contributed by atoms with Crippen molar-refractivity contribution in [2.75, 3.05) is 6.54 Å². The Morgan fingerprint density at radius 2 is 1.83 bits per heavy atom. The van der Waals surface area contributed by atoms with Crippen molar-refractivity contribution in [3.05, 3.63) is 29.8 Å². The lowest BCUT2D eigenvalue weighted by Crippen LogP contribution is -2.33. The molecule has 18 heavy (non-hydrogen) atoms. The smallest absolute Gasteiger partial charge is 0.123 e. The second-order valence-corrected chi connectivity index (χ2v) is 5.86. The molecule has 0 atom stereocenters. The van der Waals surface area contributed by atoms with Gasteiger partial charge in [0.25, 0.3) is 0 Å².